The van der Waals surface area contributed by atoms with Crippen molar-refractivity contribution in [1.82, 2.24) is 9.88 Å². The smallest absolute Gasteiger partial charge is 0.307 e. The van der Waals surface area contributed by atoms with Crippen molar-refractivity contribution in [2.75, 3.05) is 13.2 Å². The number of carbonyl (C=O) groups is 1. The van der Waals surface area contributed by atoms with Crippen LogP contribution >= 0.6 is 11.3 Å². The Balaban J connectivity index is 2.25. The van der Waals surface area contributed by atoms with Gasteiger partial charge in [0.2, 0.25) is 5.91 Å². The van der Waals surface area contributed by atoms with E-state index in [0.29, 0.717) is 31.8 Å². The van der Waals surface area contributed by atoms with Crippen LogP contribution in [-0.4, -0.2) is 28.7 Å². The molecule has 114 valence electrons. The second-order valence-electron chi connectivity index (χ2n) is 4.99. The molecule has 0 aliphatic heterocycles. The lowest BCUT2D eigenvalue weighted by Gasteiger charge is -2.14. The number of thiazole rings is 1. The van der Waals surface area contributed by atoms with E-state index in [1.165, 1.54) is 11.3 Å². The third-order valence-corrected chi connectivity index (χ3v) is 4.35. The van der Waals surface area contributed by atoms with Gasteiger partial charge in [-0.25, -0.2) is 0 Å². The summed E-state index contributed by atoms with van der Waals surface area (Å²) in [5.41, 5.74) is 0.953. The second kappa shape index (κ2) is 8.92. The van der Waals surface area contributed by atoms with Crippen LogP contribution in [0.2, 0.25) is 0 Å². The maximum Gasteiger partial charge on any atom is 0.307 e. The molecule has 0 saturated heterocycles. The third kappa shape index (κ3) is 5.46. The Bertz CT molecular complexity index is 467. The number of aromatic nitrogens is 1. The van der Waals surface area contributed by atoms with E-state index in [4.69, 9.17) is 5.11 Å². The Morgan fingerprint density at radius 1 is 1.55 bits per heavy atom. The fourth-order valence-electron chi connectivity index (χ4n) is 2.05. The fraction of sp³-hybridized carbons (Fsp3) is 0.714. The van der Waals surface area contributed by atoms with Crippen LogP contribution in [0.5, 0.6) is 0 Å². The first-order valence-corrected chi connectivity index (χ1v) is 7.99. The maximum atomic E-state index is 11.7. The molecule has 0 radical (unpaired) electrons. The monoisotopic (exact) mass is 300 g/mol. The Labute approximate surface area is 123 Å². The van der Waals surface area contributed by atoms with E-state index < -0.39 is 0 Å². The van der Waals surface area contributed by atoms with Crippen molar-refractivity contribution < 1.29 is 9.90 Å². The zero-order chi connectivity index (χ0) is 15.0. The molecule has 20 heavy (non-hydrogen) atoms. The average Bonchev–Trinajstić information content (AvgIpc) is 2.75. The number of aliphatic hydroxyl groups is 1. The Morgan fingerprint density at radius 2 is 2.30 bits per heavy atom. The van der Waals surface area contributed by atoms with Crippen LogP contribution in [0.4, 0.5) is 0 Å². The van der Waals surface area contributed by atoms with Crippen molar-refractivity contribution in [1.29, 1.82) is 0 Å². The molecular weight excluding hydrogens is 276 g/mol. The minimum absolute atomic E-state index is 0.0160. The van der Waals surface area contributed by atoms with Gasteiger partial charge >= 0.3 is 4.87 Å². The number of rotatable bonds is 9. The van der Waals surface area contributed by atoms with Crippen LogP contribution in [0.25, 0.3) is 0 Å². The predicted octanol–water partition coefficient (Wildman–Crippen LogP) is 1.52. The highest BCUT2D eigenvalue weighted by molar-refractivity contribution is 7.07. The average molecular weight is 300 g/mol. The number of carbonyl (C=O) groups excluding carboxylic acids is 1. The van der Waals surface area contributed by atoms with Crippen molar-refractivity contribution in [3.63, 3.8) is 0 Å². The molecule has 0 saturated carbocycles. The summed E-state index contributed by atoms with van der Waals surface area (Å²) >= 11 is 1.20. The highest BCUT2D eigenvalue weighted by Gasteiger charge is 2.09. The van der Waals surface area contributed by atoms with Gasteiger partial charge in [-0.1, -0.05) is 24.7 Å². The van der Waals surface area contributed by atoms with Crippen molar-refractivity contribution in [3.8, 4) is 0 Å². The molecule has 0 bridgehead atoms. The summed E-state index contributed by atoms with van der Waals surface area (Å²) in [7, 11) is 0. The quantitative estimate of drug-likeness (QED) is 0.726. The van der Waals surface area contributed by atoms with Crippen molar-refractivity contribution in [3.05, 3.63) is 20.7 Å². The number of aryl methyl sites for hydroxylation is 1. The van der Waals surface area contributed by atoms with Gasteiger partial charge in [0.25, 0.3) is 0 Å². The van der Waals surface area contributed by atoms with Gasteiger partial charge in [-0.05, 0) is 25.7 Å². The number of aliphatic hydroxyl groups excluding tert-OH is 1. The van der Waals surface area contributed by atoms with Crippen LogP contribution in [0.15, 0.2) is 10.2 Å². The molecule has 1 unspecified atom stereocenters. The molecule has 0 aromatic carbocycles. The first kappa shape index (κ1) is 16.9. The third-order valence-electron chi connectivity index (χ3n) is 3.46. The Morgan fingerprint density at radius 3 is 2.85 bits per heavy atom. The largest absolute Gasteiger partial charge is 0.396 e. The molecule has 6 heteroatoms. The van der Waals surface area contributed by atoms with E-state index in [2.05, 4.69) is 12.2 Å². The SMILES string of the molecule is CCC(CCO)CNC(=O)CCCn1c(C)csc1=O. The molecule has 1 atom stereocenters. The number of hydrogen-bond acceptors (Lipinski definition) is 4. The van der Waals surface area contributed by atoms with Crippen LogP contribution in [0.3, 0.4) is 0 Å². The standard InChI is InChI=1S/C14H24N2O3S/c1-3-12(6-8-17)9-15-13(18)5-4-7-16-11(2)10-20-14(16)19/h10,12,17H,3-9H2,1-2H3,(H,15,18). The van der Waals surface area contributed by atoms with E-state index >= 15 is 0 Å². The topological polar surface area (TPSA) is 71.3 Å². The minimum atomic E-state index is 0.0160. The molecule has 1 aromatic rings. The maximum absolute atomic E-state index is 11.7. The summed E-state index contributed by atoms with van der Waals surface area (Å²) in [6.45, 7) is 5.33. The fourth-order valence-corrected chi connectivity index (χ4v) is 2.81. The zero-order valence-corrected chi connectivity index (χ0v) is 13.0. The Kier molecular flexibility index (Phi) is 7.54. The van der Waals surface area contributed by atoms with E-state index in [-0.39, 0.29) is 17.4 Å². The molecule has 1 aromatic heterocycles. The summed E-state index contributed by atoms with van der Waals surface area (Å²) in [6, 6.07) is 0. The van der Waals surface area contributed by atoms with E-state index in [0.717, 1.165) is 18.5 Å². The second-order valence-corrected chi connectivity index (χ2v) is 5.81. The molecule has 0 spiro atoms. The van der Waals surface area contributed by atoms with Crippen LogP contribution in [-0.2, 0) is 11.3 Å². The van der Waals surface area contributed by atoms with Crippen molar-refractivity contribution in [2.24, 2.45) is 5.92 Å². The summed E-state index contributed by atoms with van der Waals surface area (Å²) < 4.78 is 1.71. The van der Waals surface area contributed by atoms with Gasteiger partial charge in [0.05, 0.1) is 0 Å². The van der Waals surface area contributed by atoms with Crippen LogP contribution in [0.1, 0.15) is 38.3 Å². The molecule has 5 nitrogen and oxygen atoms in total. The molecule has 0 aliphatic carbocycles. The number of nitrogens with zero attached hydrogens (tertiary/aromatic N) is 1. The van der Waals surface area contributed by atoms with Gasteiger partial charge in [0.1, 0.15) is 0 Å². The minimum Gasteiger partial charge on any atom is -0.396 e. The van der Waals surface area contributed by atoms with Gasteiger partial charge in [0.15, 0.2) is 0 Å². The first-order chi connectivity index (χ1) is 9.58. The Hall–Kier alpha value is -1.14. The van der Waals surface area contributed by atoms with E-state index in [1.54, 1.807) is 4.57 Å². The summed E-state index contributed by atoms with van der Waals surface area (Å²) in [5, 5.41) is 13.6. The molecule has 0 aliphatic rings. The number of nitrogens with one attached hydrogen (secondary N) is 1. The lowest BCUT2D eigenvalue weighted by molar-refractivity contribution is -0.121. The number of hydrogen-bond donors (Lipinski definition) is 2. The predicted molar refractivity (Wildman–Crippen MR) is 81.0 cm³/mol. The molecule has 1 amide bonds. The summed E-state index contributed by atoms with van der Waals surface area (Å²) in [4.78, 5) is 23.2. The van der Waals surface area contributed by atoms with E-state index in [1.807, 2.05) is 12.3 Å². The van der Waals surface area contributed by atoms with Crippen LogP contribution < -0.4 is 10.2 Å². The van der Waals surface area contributed by atoms with Crippen molar-refractivity contribution in [2.45, 2.75) is 46.1 Å². The van der Waals surface area contributed by atoms with Gasteiger partial charge < -0.3 is 15.0 Å². The zero-order valence-electron chi connectivity index (χ0n) is 12.2. The van der Waals surface area contributed by atoms with E-state index in [9.17, 15) is 9.59 Å². The first-order valence-electron chi connectivity index (χ1n) is 7.11. The molecule has 2 N–H and O–H groups in total. The van der Waals surface area contributed by atoms with Gasteiger partial charge in [-0.3, -0.25) is 9.59 Å². The van der Waals surface area contributed by atoms with Gasteiger partial charge in [-0.15, -0.1) is 0 Å². The lowest BCUT2D eigenvalue weighted by atomic mass is 10.0. The van der Waals surface area contributed by atoms with Crippen molar-refractivity contribution >= 4 is 17.2 Å². The summed E-state index contributed by atoms with van der Waals surface area (Å²) in [5.74, 6) is 0.355. The molecule has 1 heterocycles. The lowest BCUT2D eigenvalue weighted by Crippen LogP contribution is -2.29. The van der Waals surface area contributed by atoms with Gasteiger partial charge in [0, 0.05) is 37.2 Å². The number of amides is 1. The molecular formula is C14H24N2O3S. The molecule has 1 rings (SSSR count). The van der Waals surface area contributed by atoms with Gasteiger partial charge in [-0.2, -0.15) is 0 Å². The normalized spacial score (nSPS) is 12.3. The molecule has 0 fully saturated rings. The highest BCUT2D eigenvalue weighted by atomic mass is 32.1. The summed E-state index contributed by atoms with van der Waals surface area (Å²) in [6.07, 6.45) is 2.77. The highest BCUT2D eigenvalue weighted by Crippen LogP contribution is 2.06. The van der Waals surface area contributed by atoms with Crippen LogP contribution in [0, 0.1) is 12.8 Å².